The lowest BCUT2D eigenvalue weighted by Gasteiger charge is -2.59. The smallest absolute Gasteiger partial charge is 0.187 e. The van der Waals surface area contributed by atoms with Crippen LogP contribution in [0.4, 0.5) is 0 Å². The fraction of sp³-hybridized carbons (Fsp3) is 0.920. The summed E-state index contributed by atoms with van der Waals surface area (Å²) in [5, 5.41) is 138. The van der Waals surface area contributed by atoms with Gasteiger partial charge in [-0.3, -0.25) is 0 Å². The van der Waals surface area contributed by atoms with Gasteiger partial charge in [0.15, 0.2) is 25.2 Å². The summed E-state index contributed by atoms with van der Waals surface area (Å²) in [6, 6.07) is 0. The van der Waals surface area contributed by atoms with Crippen LogP contribution in [-0.2, 0) is 42.6 Å². The first kappa shape index (κ1) is 55.2. The lowest BCUT2D eigenvalue weighted by atomic mass is 9.46. The summed E-state index contributed by atoms with van der Waals surface area (Å²) in [5.74, 6) is 1.55. The minimum atomic E-state index is -1.75. The quantitative estimate of drug-likeness (QED) is 0.0767. The van der Waals surface area contributed by atoms with Gasteiger partial charge in [0.25, 0.3) is 0 Å². The minimum absolute atomic E-state index is 0.0216. The molecule has 9 aliphatic rings. The summed E-state index contributed by atoms with van der Waals surface area (Å²) in [7, 11) is 0. The molecule has 5 heterocycles. The Balaban J connectivity index is 0.858. The Morgan fingerprint density at radius 1 is 0.667 bits per heavy atom. The first-order chi connectivity index (χ1) is 34.1. The van der Waals surface area contributed by atoms with Gasteiger partial charge in [-0.1, -0.05) is 32.4 Å². The van der Waals surface area contributed by atoms with E-state index in [2.05, 4.69) is 19.9 Å². The molecular weight excluding hydrogens is 953 g/mol. The molecule has 0 bridgehead atoms. The van der Waals surface area contributed by atoms with Gasteiger partial charge in [-0.2, -0.15) is 0 Å². The first-order valence-corrected chi connectivity index (χ1v) is 26.0. The predicted octanol–water partition coefficient (Wildman–Crippen LogP) is -2.30. The largest absolute Gasteiger partial charge is 0.491 e. The molecule has 412 valence electrons. The Hall–Kier alpha value is -1.56. The molecule has 28 atom stereocenters. The Labute approximate surface area is 419 Å². The van der Waals surface area contributed by atoms with Gasteiger partial charge in [-0.05, 0) is 94.3 Å². The van der Waals surface area contributed by atoms with Crippen molar-refractivity contribution in [3.63, 3.8) is 0 Å². The van der Waals surface area contributed by atoms with Gasteiger partial charge in [0.05, 0.1) is 44.4 Å². The Bertz CT molecular complexity index is 1940. The van der Waals surface area contributed by atoms with E-state index in [4.69, 9.17) is 42.6 Å². The summed E-state index contributed by atoms with van der Waals surface area (Å²) in [5.41, 5.74) is 0.324. The number of rotatable bonds is 15. The highest BCUT2D eigenvalue weighted by Crippen LogP contribution is 2.70. The van der Waals surface area contributed by atoms with Crippen LogP contribution in [-0.4, -0.2) is 227 Å². The van der Waals surface area contributed by atoms with Crippen molar-refractivity contribution in [2.75, 3.05) is 26.4 Å². The zero-order valence-corrected chi connectivity index (χ0v) is 41.7. The Morgan fingerprint density at radius 3 is 1.96 bits per heavy atom. The van der Waals surface area contributed by atoms with Crippen molar-refractivity contribution in [3.8, 4) is 0 Å². The maximum atomic E-state index is 12.8. The zero-order chi connectivity index (χ0) is 51.9. The molecule has 0 aromatic carbocycles. The van der Waals surface area contributed by atoms with Crippen LogP contribution in [0.5, 0.6) is 0 Å². The van der Waals surface area contributed by atoms with Crippen LogP contribution in [0.2, 0.25) is 0 Å². The van der Waals surface area contributed by atoms with Crippen molar-refractivity contribution < 1.29 is 109 Å². The average Bonchev–Trinajstić information content (AvgIpc) is 3.88. The fourth-order valence-corrected chi connectivity index (χ4v) is 14.3. The van der Waals surface area contributed by atoms with Crippen LogP contribution in [0.3, 0.4) is 0 Å². The summed E-state index contributed by atoms with van der Waals surface area (Å²) in [6.45, 7) is 8.31. The lowest BCUT2D eigenvalue weighted by Crippen LogP contribution is -2.65. The van der Waals surface area contributed by atoms with Gasteiger partial charge in [-0.15, -0.1) is 0 Å². The number of ether oxygens (including phenoxy) is 9. The third-order valence-corrected chi connectivity index (χ3v) is 18.8. The normalized spacial score (nSPS) is 52.8. The second-order valence-corrected chi connectivity index (χ2v) is 22.9. The summed E-state index contributed by atoms with van der Waals surface area (Å²) in [6.07, 6.45) is -19.6. The Morgan fingerprint density at radius 2 is 1.26 bits per heavy atom. The number of fused-ring (bicyclic) bond motifs is 7. The molecule has 7 fully saturated rings. The number of aliphatic hydroxyl groups is 13. The van der Waals surface area contributed by atoms with Gasteiger partial charge >= 0.3 is 0 Å². The third kappa shape index (κ3) is 9.35. The van der Waals surface area contributed by atoms with Crippen LogP contribution < -0.4 is 0 Å². The molecule has 5 aliphatic heterocycles. The van der Waals surface area contributed by atoms with Crippen molar-refractivity contribution in [1.29, 1.82) is 0 Å². The standard InChI is InChI=1S/C50H80O22/c1-20(19-64-44-39(60)37(58)34(55)29(16-51)68-44)6-9-28-21(2)50(63)32(67-28)15-27-25-8-7-23-14-24(10-12-48(23,4)26(25)11-13-49(27,50)5)66-47-43(72-45-40(61)36(57)33(54)22(3)65-45)41(62)42(31(18-53)70-47)71-46-38(59)35(56)30(17-52)69-46/h7,20,22,24-27,29-47,51-63H,6,8-19H2,1-5H3/t20-,22+,24+,25-,26+,27+,29-,30+,31-,32+,33+,34-,35+,36-,37+,38-,39-,40-,41+,42-,43-,44-,45+,46+,47-,48+,49+,50-/m1/s1. The predicted molar refractivity (Wildman–Crippen MR) is 244 cm³/mol. The maximum Gasteiger partial charge on any atom is 0.187 e. The molecule has 0 aromatic rings. The molecule has 13 N–H and O–H groups in total. The molecular formula is C50H80O22. The Kier molecular flexibility index (Phi) is 16.4. The van der Waals surface area contributed by atoms with Crippen LogP contribution in [0.15, 0.2) is 23.0 Å². The molecule has 0 spiro atoms. The molecule has 9 rings (SSSR count). The highest BCUT2D eigenvalue weighted by atomic mass is 16.8. The molecule has 3 saturated carbocycles. The molecule has 22 heteroatoms. The number of hydrogen-bond donors (Lipinski definition) is 13. The van der Waals surface area contributed by atoms with Gasteiger partial charge in [0.1, 0.15) is 97.2 Å². The summed E-state index contributed by atoms with van der Waals surface area (Å²) >= 11 is 0. The monoisotopic (exact) mass is 1030 g/mol. The van der Waals surface area contributed by atoms with E-state index in [1.807, 2.05) is 13.8 Å². The van der Waals surface area contributed by atoms with Crippen molar-refractivity contribution in [1.82, 2.24) is 0 Å². The number of allylic oxidation sites excluding steroid dienone is 2. The van der Waals surface area contributed by atoms with E-state index in [9.17, 15) is 66.4 Å². The van der Waals surface area contributed by atoms with Crippen LogP contribution in [0, 0.1) is 34.5 Å². The van der Waals surface area contributed by atoms with E-state index in [0.29, 0.717) is 38.0 Å². The van der Waals surface area contributed by atoms with Crippen molar-refractivity contribution in [2.45, 2.75) is 227 Å². The van der Waals surface area contributed by atoms with Crippen molar-refractivity contribution >= 4 is 0 Å². The van der Waals surface area contributed by atoms with Crippen LogP contribution in [0.1, 0.15) is 92.4 Å². The SMILES string of the molecule is CC1=C(CC[C@@H](C)CO[C@@H]2O[C@H](CO)[C@@H](O)[C@H](O)[C@H]2O)O[C@H]2C[C@H]3[C@@H]4CC=C5C[C@@H](O[C@@H]6O[C@H](CO)[C@@H](O[C@@H]7O[C@@H](CO)[C@H](O)[C@H]7O)[C@H](O)[C@H]6O[C@@H]6O[C@@H](C)[C@H](O)[C@@H](O)[C@H]6O)CC[C@]5(C)[C@H]4CC[C@]3(C)[C@@]12O. The zero-order valence-electron chi connectivity index (χ0n) is 41.7. The van der Waals surface area contributed by atoms with E-state index in [0.717, 1.165) is 37.0 Å². The molecule has 4 saturated heterocycles. The highest BCUT2D eigenvalue weighted by Gasteiger charge is 2.71. The van der Waals surface area contributed by atoms with E-state index >= 15 is 0 Å². The van der Waals surface area contributed by atoms with Crippen molar-refractivity contribution in [3.05, 3.63) is 23.0 Å². The van der Waals surface area contributed by atoms with Crippen LogP contribution >= 0.6 is 0 Å². The van der Waals surface area contributed by atoms with Crippen molar-refractivity contribution in [2.24, 2.45) is 34.5 Å². The van der Waals surface area contributed by atoms with Gasteiger partial charge in [-0.25, -0.2) is 0 Å². The van der Waals surface area contributed by atoms with Crippen LogP contribution in [0.25, 0.3) is 0 Å². The number of hydrogen-bond acceptors (Lipinski definition) is 22. The number of aliphatic hydroxyl groups excluding tert-OH is 12. The minimum Gasteiger partial charge on any atom is -0.491 e. The second-order valence-electron chi connectivity index (χ2n) is 22.9. The first-order valence-electron chi connectivity index (χ1n) is 26.0. The van der Waals surface area contributed by atoms with E-state index < -0.39 is 160 Å². The molecule has 0 unspecified atom stereocenters. The van der Waals surface area contributed by atoms with Gasteiger partial charge in [0, 0.05) is 17.4 Å². The third-order valence-electron chi connectivity index (χ3n) is 18.8. The lowest BCUT2D eigenvalue weighted by molar-refractivity contribution is -0.380. The van der Waals surface area contributed by atoms with E-state index in [-0.39, 0.29) is 29.8 Å². The molecule has 0 aromatic heterocycles. The summed E-state index contributed by atoms with van der Waals surface area (Å²) in [4.78, 5) is 0. The van der Waals surface area contributed by atoms with Gasteiger partial charge < -0.3 is 109 Å². The molecule has 4 aliphatic carbocycles. The maximum absolute atomic E-state index is 12.8. The highest BCUT2D eigenvalue weighted by molar-refractivity contribution is 5.37. The topological polar surface area (TPSA) is 346 Å². The molecule has 22 nitrogen and oxygen atoms in total. The average molecular weight is 1030 g/mol. The molecule has 0 amide bonds. The fourth-order valence-electron chi connectivity index (χ4n) is 14.3. The summed E-state index contributed by atoms with van der Waals surface area (Å²) < 4.78 is 54.3. The molecule has 72 heavy (non-hydrogen) atoms. The second kappa shape index (κ2) is 21.3. The van der Waals surface area contributed by atoms with E-state index in [1.165, 1.54) is 12.5 Å². The van der Waals surface area contributed by atoms with Gasteiger partial charge in [0.2, 0.25) is 0 Å². The molecule has 0 radical (unpaired) electrons. The van der Waals surface area contributed by atoms with E-state index in [1.54, 1.807) is 0 Å².